The van der Waals surface area contributed by atoms with E-state index in [9.17, 15) is 9.59 Å². The van der Waals surface area contributed by atoms with E-state index in [0.29, 0.717) is 6.54 Å². The van der Waals surface area contributed by atoms with Crippen molar-refractivity contribution in [1.82, 2.24) is 10.3 Å². The minimum atomic E-state index is -0.349. The van der Waals surface area contributed by atoms with Crippen LogP contribution in [-0.2, 0) is 6.42 Å². The molecule has 0 aliphatic carbocycles. The zero-order chi connectivity index (χ0) is 15.5. The third kappa shape index (κ3) is 2.94. The number of hydrogen-bond donors (Lipinski definition) is 2. The van der Waals surface area contributed by atoms with Gasteiger partial charge in [-0.3, -0.25) is 9.59 Å². The fourth-order valence-corrected chi connectivity index (χ4v) is 3.38. The number of fused-ring (bicyclic) bond motifs is 1. The minimum absolute atomic E-state index is 0.153. The van der Waals surface area contributed by atoms with Crippen molar-refractivity contribution in [2.75, 3.05) is 6.54 Å². The molecule has 0 bridgehead atoms. The molecule has 0 radical (unpaired) electrons. The average molecular weight is 312 g/mol. The molecule has 2 N–H and O–H groups in total. The number of aromatic amines is 1. The van der Waals surface area contributed by atoms with E-state index in [-0.39, 0.29) is 17.0 Å². The summed E-state index contributed by atoms with van der Waals surface area (Å²) in [6.45, 7) is 2.29. The summed E-state index contributed by atoms with van der Waals surface area (Å²) in [4.78, 5) is 26.4. The molecule has 4 nitrogen and oxygen atoms in total. The van der Waals surface area contributed by atoms with Gasteiger partial charge in [0.05, 0.1) is 0 Å². The molecule has 0 unspecified atom stereocenters. The lowest BCUT2D eigenvalue weighted by atomic mass is 10.1. The summed E-state index contributed by atoms with van der Waals surface area (Å²) in [5.41, 5.74) is 1.77. The normalized spacial score (nSPS) is 10.8. The van der Waals surface area contributed by atoms with Crippen molar-refractivity contribution in [3.63, 3.8) is 0 Å². The summed E-state index contributed by atoms with van der Waals surface area (Å²) in [6, 6.07) is 11.5. The smallest absolute Gasteiger partial charge is 0.260 e. The zero-order valence-corrected chi connectivity index (χ0v) is 13.0. The van der Waals surface area contributed by atoms with Crippen molar-refractivity contribution in [2.24, 2.45) is 0 Å². The van der Waals surface area contributed by atoms with Crippen LogP contribution in [0, 0.1) is 6.92 Å². The number of nitrogens with one attached hydrogen (secondary N) is 2. The van der Waals surface area contributed by atoms with Gasteiger partial charge in [0.25, 0.3) is 11.5 Å². The van der Waals surface area contributed by atoms with Gasteiger partial charge in [0.1, 0.15) is 5.56 Å². The van der Waals surface area contributed by atoms with E-state index >= 15 is 0 Å². The Morgan fingerprint density at radius 3 is 2.86 bits per heavy atom. The third-order valence-corrected chi connectivity index (χ3v) is 4.55. The summed E-state index contributed by atoms with van der Waals surface area (Å²) in [6.07, 6.45) is 0.750. The molecule has 0 saturated heterocycles. The van der Waals surface area contributed by atoms with Gasteiger partial charge in [-0.2, -0.15) is 0 Å². The Bertz CT molecular complexity index is 879. The number of hydrogen-bond acceptors (Lipinski definition) is 3. The molecule has 1 aromatic carbocycles. The van der Waals surface area contributed by atoms with E-state index in [0.717, 1.165) is 12.1 Å². The first-order valence-corrected chi connectivity index (χ1v) is 7.96. The lowest BCUT2D eigenvalue weighted by Gasteiger charge is -2.05. The first kappa shape index (κ1) is 14.5. The van der Waals surface area contributed by atoms with Gasteiger partial charge >= 0.3 is 0 Å². The molecular formula is C17H16N2O2S. The Morgan fingerprint density at radius 1 is 1.23 bits per heavy atom. The number of benzene rings is 1. The highest BCUT2D eigenvalue weighted by Crippen LogP contribution is 2.25. The molecule has 0 fully saturated rings. The summed E-state index contributed by atoms with van der Waals surface area (Å²) >= 11 is 1.71. The molecule has 0 aliphatic heterocycles. The van der Waals surface area contributed by atoms with Crippen LogP contribution in [0.5, 0.6) is 0 Å². The molecule has 22 heavy (non-hydrogen) atoms. The van der Waals surface area contributed by atoms with Crippen molar-refractivity contribution < 1.29 is 4.79 Å². The molecule has 112 valence electrons. The molecule has 3 rings (SSSR count). The Morgan fingerprint density at radius 2 is 2.05 bits per heavy atom. The SMILES string of the molecule is Cc1ccc(C(=O)NCCc2csc3ccccc23)c(=O)[nH]1. The lowest BCUT2D eigenvalue weighted by Crippen LogP contribution is -2.31. The Hall–Kier alpha value is -2.40. The third-order valence-electron chi connectivity index (χ3n) is 3.54. The van der Waals surface area contributed by atoms with Gasteiger partial charge in [-0.05, 0) is 47.9 Å². The highest BCUT2D eigenvalue weighted by atomic mass is 32.1. The van der Waals surface area contributed by atoms with Gasteiger partial charge in [-0.1, -0.05) is 18.2 Å². The topological polar surface area (TPSA) is 62.0 Å². The second kappa shape index (κ2) is 6.15. The molecule has 1 amide bonds. The number of rotatable bonds is 4. The molecule has 2 heterocycles. The Kier molecular flexibility index (Phi) is 4.06. The van der Waals surface area contributed by atoms with Gasteiger partial charge in [0, 0.05) is 16.9 Å². The van der Waals surface area contributed by atoms with Crippen LogP contribution >= 0.6 is 11.3 Å². The van der Waals surface area contributed by atoms with Gasteiger partial charge < -0.3 is 10.3 Å². The first-order valence-electron chi connectivity index (χ1n) is 7.08. The van der Waals surface area contributed by atoms with E-state index in [1.54, 1.807) is 30.4 Å². The van der Waals surface area contributed by atoms with E-state index in [1.165, 1.54) is 15.6 Å². The van der Waals surface area contributed by atoms with Crippen molar-refractivity contribution in [3.05, 3.63) is 69.0 Å². The highest BCUT2D eigenvalue weighted by Gasteiger charge is 2.10. The monoisotopic (exact) mass is 312 g/mol. The van der Waals surface area contributed by atoms with E-state index in [2.05, 4.69) is 27.8 Å². The maximum absolute atomic E-state index is 12.0. The molecule has 0 atom stereocenters. The maximum atomic E-state index is 12.0. The Labute approximate surface area is 131 Å². The summed E-state index contributed by atoms with van der Waals surface area (Å²) < 4.78 is 1.25. The number of pyridine rings is 1. The largest absolute Gasteiger partial charge is 0.352 e. The number of H-pyrrole nitrogens is 1. The summed E-state index contributed by atoms with van der Waals surface area (Å²) in [5.74, 6) is -0.333. The van der Waals surface area contributed by atoms with Gasteiger partial charge in [0.2, 0.25) is 0 Å². The molecular weight excluding hydrogens is 296 g/mol. The number of carbonyl (C=O) groups excluding carboxylic acids is 1. The predicted molar refractivity (Wildman–Crippen MR) is 89.7 cm³/mol. The van der Waals surface area contributed by atoms with Gasteiger partial charge in [-0.15, -0.1) is 11.3 Å². The van der Waals surface area contributed by atoms with E-state index in [1.807, 2.05) is 12.1 Å². The molecule has 5 heteroatoms. The van der Waals surface area contributed by atoms with Crippen LogP contribution in [0.2, 0.25) is 0 Å². The van der Waals surface area contributed by atoms with Crippen molar-refractivity contribution in [1.29, 1.82) is 0 Å². The van der Waals surface area contributed by atoms with Crippen molar-refractivity contribution >= 4 is 27.3 Å². The van der Waals surface area contributed by atoms with Gasteiger partial charge in [0.15, 0.2) is 0 Å². The maximum Gasteiger partial charge on any atom is 0.260 e. The lowest BCUT2D eigenvalue weighted by molar-refractivity contribution is 0.0952. The Balaban J connectivity index is 1.65. The number of aromatic nitrogens is 1. The minimum Gasteiger partial charge on any atom is -0.352 e. The van der Waals surface area contributed by atoms with Crippen LogP contribution in [0.25, 0.3) is 10.1 Å². The zero-order valence-electron chi connectivity index (χ0n) is 12.2. The first-order chi connectivity index (χ1) is 10.6. The molecule has 0 aliphatic rings. The number of carbonyl (C=O) groups is 1. The van der Waals surface area contributed by atoms with E-state index in [4.69, 9.17) is 0 Å². The molecule has 0 spiro atoms. The standard InChI is InChI=1S/C17H16N2O2S/c1-11-6-7-14(17(21)19-11)16(20)18-9-8-12-10-22-15-5-3-2-4-13(12)15/h2-7,10H,8-9H2,1H3,(H,18,20)(H,19,21). The fraction of sp³-hybridized carbons (Fsp3) is 0.176. The average Bonchev–Trinajstić information content (AvgIpc) is 2.90. The summed E-state index contributed by atoms with van der Waals surface area (Å²) in [7, 11) is 0. The molecule has 3 aromatic rings. The quantitative estimate of drug-likeness (QED) is 0.778. The van der Waals surface area contributed by atoms with Crippen LogP contribution in [0.4, 0.5) is 0 Å². The second-order valence-corrected chi connectivity index (χ2v) is 6.06. The van der Waals surface area contributed by atoms with Crippen LogP contribution in [0.1, 0.15) is 21.6 Å². The van der Waals surface area contributed by atoms with Crippen molar-refractivity contribution in [3.8, 4) is 0 Å². The van der Waals surface area contributed by atoms with Crippen LogP contribution in [0.15, 0.2) is 46.6 Å². The van der Waals surface area contributed by atoms with Gasteiger partial charge in [-0.25, -0.2) is 0 Å². The highest BCUT2D eigenvalue weighted by molar-refractivity contribution is 7.17. The van der Waals surface area contributed by atoms with Crippen LogP contribution in [-0.4, -0.2) is 17.4 Å². The number of amides is 1. The number of thiophene rings is 1. The second-order valence-electron chi connectivity index (χ2n) is 5.15. The summed E-state index contributed by atoms with van der Waals surface area (Å²) in [5, 5.41) is 6.16. The number of aryl methyl sites for hydroxylation is 1. The van der Waals surface area contributed by atoms with Crippen LogP contribution < -0.4 is 10.9 Å². The van der Waals surface area contributed by atoms with Crippen molar-refractivity contribution in [2.45, 2.75) is 13.3 Å². The predicted octanol–water partition coefficient (Wildman–Crippen LogP) is 2.87. The van der Waals surface area contributed by atoms with Crippen LogP contribution in [0.3, 0.4) is 0 Å². The molecule has 2 aromatic heterocycles. The van der Waals surface area contributed by atoms with E-state index < -0.39 is 0 Å². The molecule has 0 saturated carbocycles. The fourth-order valence-electron chi connectivity index (χ4n) is 2.38.